The van der Waals surface area contributed by atoms with E-state index in [4.69, 9.17) is 9.47 Å². The Morgan fingerprint density at radius 3 is 2.37 bits per heavy atom. The first-order valence-electron chi connectivity index (χ1n) is 14.9. The number of dihydropyridines is 1. The van der Waals surface area contributed by atoms with Crippen LogP contribution in [0.1, 0.15) is 77.3 Å². The van der Waals surface area contributed by atoms with Gasteiger partial charge in [-0.1, -0.05) is 39.3 Å². The predicted octanol–water partition coefficient (Wildman–Crippen LogP) is 6.97. The molecule has 2 atom stereocenters. The average molecular weight is 671 g/mol. The Labute approximate surface area is 263 Å². The lowest BCUT2D eigenvalue weighted by Gasteiger charge is -2.35. The highest BCUT2D eigenvalue weighted by Crippen LogP contribution is 2.47. The molecule has 0 amide bonds. The molecule has 43 heavy (non-hydrogen) atoms. The molecular weight excluding hydrogens is 630 g/mol. The van der Waals surface area contributed by atoms with Gasteiger partial charge in [-0.2, -0.15) is 9.57 Å². The van der Waals surface area contributed by atoms with Crippen molar-refractivity contribution in [1.82, 2.24) is 9.62 Å². The van der Waals surface area contributed by atoms with E-state index in [0.717, 1.165) is 41.8 Å². The van der Waals surface area contributed by atoms with Gasteiger partial charge in [-0.15, -0.1) is 0 Å². The normalized spacial score (nSPS) is 18.8. The first-order chi connectivity index (χ1) is 20.6. The second-order valence-corrected chi connectivity index (χ2v) is 13.7. The first kappa shape index (κ1) is 32.8. The monoisotopic (exact) mass is 669 g/mol. The molecule has 0 fully saturated rings. The molecule has 0 aromatic heterocycles. The minimum Gasteiger partial charge on any atom is -0.490 e. The quantitative estimate of drug-likeness (QED) is 0.260. The van der Waals surface area contributed by atoms with Crippen molar-refractivity contribution in [3.05, 3.63) is 74.5 Å². The van der Waals surface area contributed by atoms with E-state index in [-0.39, 0.29) is 17.3 Å². The van der Waals surface area contributed by atoms with E-state index >= 15 is 0 Å². The number of nitriles is 1. The Morgan fingerprint density at radius 2 is 1.77 bits per heavy atom. The molecule has 2 aliphatic rings. The zero-order valence-electron chi connectivity index (χ0n) is 25.5. The van der Waals surface area contributed by atoms with E-state index in [1.165, 1.54) is 4.31 Å². The summed E-state index contributed by atoms with van der Waals surface area (Å²) in [4.78, 5) is 13.7. The minimum absolute atomic E-state index is 0.0818. The van der Waals surface area contributed by atoms with Gasteiger partial charge in [-0.05, 0) is 83.9 Å². The smallest absolute Gasteiger partial charge is 0.243 e. The third-order valence-electron chi connectivity index (χ3n) is 8.04. The number of carbonyl (C=O) groups is 1. The molecule has 0 saturated carbocycles. The van der Waals surface area contributed by atoms with E-state index in [2.05, 4.69) is 34.2 Å². The van der Waals surface area contributed by atoms with Crippen molar-refractivity contribution in [2.75, 3.05) is 19.7 Å². The SMILES string of the molecule is CCCC1CC(=O)C2=C(C1)NC(C)=C(C#N)C2c1cc(Br)c(OCc2ccc(S(=O)(=O)N(CC)CC)cc2)c(OCC)c1. The number of ketones is 1. The summed E-state index contributed by atoms with van der Waals surface area (Å²) in [5.74, 6) is 0.870. The van der Waals surface area contributed by atoms with Crippen LogP contribution in [0.2, 0.25) is 0 Å². The fourth-order valence-electron chi connectivity index (χ4n) is 6.00. The van der Waals surface area contributed by atoms with Crippen molar-refractivity contribution in [3.8, 4) is 17.6 Å². The molecule has 2 aromatic carbocycles. The number of ether oxygens (including phenoxy) is 2. The Bertz CT molecular complexity index is 1570. The molecule has 2 unspecified atom stereocenters. The topological polar surface area (TPSA) is 109 Å². The molecule has 4 rings (SSSR count). The second-order valence-electron chi connectivity index (χ2n) is 10.9. The summed E-state index contributed by atoms with van der Waals surface area (Å²) in [5.41, 5.74) is 4.43. The number of halogens is 1. The molecule has 0 radical (unpaired) electrons. The van der Waals surface area contributed by atoms with Crippen molar-refractivity contribution >= 4 is 31.7 Å². The van der Waals surface area contributed by atoms with Gasteiger partial charge in [0.25, 0.3) is 0 Å². The number of benzene rings is 2. The van der Waals surface area contributed by atoms with Crippen LogP contribution in [0.15, 0.2) is 68.3 Å². The maximum Gasteiger partial charge on any atom is 0.243 e. The van der Waals surface area contributed by atoms with Crippen LogP contribution in [-0.2, 0) is 21.4 Å². The number of nitrogens with one attached hydrogen (secondary N) is 1. The van der Waals surface area contributed by atoms with E-state index < -0.39 is 15.9 Å². The van der Waals surface area contributed by atoms with E-state index in [9.17, 15) is 18.5 Å². The Morgan fingerprint density at radius 1 is 1.07 bits per heavy atom. The van der Waals surface area contributed by atoms with Gasteiger partial charge in [0.2, 0.25) is 10.0 Å². The Kier molecular flexibility index (Phi) is 10.8. The number of nitrogens with zero attached hydrogens (tertiary/aromatic N) is 2. The summed E-state index contributed by atoms with van der Waals surface area (Å²) in [5, 5.41) is 13.5. The lowest BCUT2D eigenvalue weighted by atomic mass is 9.72. The van der Waals surface area contributed by atoms with Crippen molar-refractivity contribution in [3.63, 3.8) is 0 Å². The average Bonchev–Trinajstić information content (AvgIpc) is 2.97. The van der Waals surface area contributed by atoms with Crippen LogP contribution in [0.25, 0.3) is 0 Å². The number of rotatable bonds is 12. The third kappa shape index (κ3) is 6.84. The number of hydrogen-bond donors (Lipinski definition) is 1. The molecule has 1 aliphatic heterocycles. The van der Waals surface area contributed by atoms with Crippen LogP contribution in [0.5, 0.6) is 11.5 Å². The molecule has 2 aromatic rings. The molecule has 1 heterocycles. The number of Topliss-reactive ketones (excluding diaryl/α,β-unsaturated/α-hetero) is 1. The Hall–Kier alpha value is -3.13. The molecule has 1 N–H and O–H groups in total. The zero-order valence-corrected chi connectivity index (χ0v) is 27.9. The molecular formula is C33H40BrN3O5S. The van der Waals surface area contributed by atoms with E-state index in [1.54, 1.807) is 24.3 Å². The minimum atomic E-state index is -3.54. The van der Waals surface area contributed by atoms with Crippen LogP contribution in [0, 0.1) is 17.2 Å². The fraction of sp³-hybridized carbons (Fsp3) is 0.455. The number of sulfonamides is 1. The van der Waals surface area contributed by atoms with Gasteiger partial charge in [0.15, 0.2) is 17.3 Å². The summed E-state index contributed by atoms with van der Waals surface area (Å²) < 4.78 is 40.0. The second kappa shape index (κ2) is 14.1. The summed E-state index contributed by atoms with van der Waals surface area (Å²) in [6, 6.07) is 12.8. The molecule has 230 valence electrons. The van der Waals surface area contributed by atoms with Crippen molar-refractivity contribution < 1.29 is 22.7 Å². The lowest BCUT2D eigenvalue weighted by molar-refractivity contribution is -0.117. The van der Waals surface area contributed by atoms with Crippen LogP contribution in [-0.4, -0.2) is 38.2 Å². The first-order valence-corrected chi connectivity index (χ1v) is 17.1. The number of hydrogen-bond acceptors (Lipinski definition) is 7. The van der Waals surface area contributed by atoms with Gasteiger partial charge >= 0.3 is 0 Å². The van der Waals surface area contributed by atoms with Crippen LogP contribution >= 0.6 is 15.9 Å². The maximum absolute atomic E-state index is 13.5. The van der Waals surface area contributed by atoms with Gasteiger partial charge in [0.05, 0.1) is 33.5 Å². The van der Waals surface area contributed by atoms with Gasteiger partial charge < -0.3 is 14.8 Å². The third-order valence-corrected chi connectivity index (χ3v) is 10.7. The summed E-state index contributed by atoms with van der Waals surface area (Å²) in [6.45, 7) is 10.9. The summed E-state index contributed by atoms with van der Waals surface area (Å²) in [7, 11) is -3.54. The zero-order chi connectivity index (χ0) is 31.3. The molecule has 10 heteroatoms. The summed E-state index contributed by atoms with van der Waals surface area (Å²) >= 11 is 3.66. The molecule has 1 aliphatic carbocycles. The lowest BCUT2D eigenvalue weighted by Crippen LogP contribution is -2.34. The van der Waals surface area contributed by atoms with Crippen molar-refractivity contribution in [2.24, 2.45) is 5.92 Å². The summed E-state index contributed by atoms with van der Waals surface area (Å²) in [6.07, 6.45) is 3.28. The highest BCUT2D eigenvalue weighted by molar-refractivity contribution is 9.10. The van der Waals surface area contributed by atoms with Crippen molar-refractivity contribution in [2.45, 2.75) is 77.7 Å². The molecule has 0 bridgehead atoms. The van der Waals surface area contributed by atoms with Gasteiger partial charge in [0, 0.05) is 36.5 Å². The van der Waals surface area contributed by atoms with Crippen molar-refractivity contribution in [1.29, 1.82) is 5.26 Å². The Balaban J connectivity index is 1.65. The van der Waals surface area contributed by atoms with Crippen LogP contribution in [0.4, 0.5) is 0 Å². The van der Waals surface area contributed by atoms with Crippen LogP contribution < -0.4 is 14.8 Å². The molecule has 0 saturated heterocycles. The highest BCUT2D eigenvalue weighted by Gasteiger charge is 2.39. The van der Waals surface area contributed by atoms with Gasteiger partial charge in [-0.25, -0.2) is 8.42 Å². The predicted molar refractivity (Wildman–Crippen MR) is 170 cm³/mol. The van der Waals surface area contributed by atoms with Gasteiger partial charge in [-0.3, -0.25) is 4.79 Å². The van der Waals surface area contributed by atoms with E-state index in [1.807, 2.05) is 39.8 Å². The van der Waals surface area contributed by atoms with Crippen LogP contribution in [0.3, 0.4) is 0 Å². The number of allylic oxidation sites excluding steroid dienone is 4. The maximum atomic E-state index is 13.5. The fourth-order valence-corrected chi connectivity index (χ4v) is 8.03. The van der Waals surface area contributed by atoms with Gasteiger partial charge in [0.1, 0.15) is 6.61 Å². The highest BCUT2D eigenvalue weighted by atomic mass is 79.9. The molecule has 8 nitrogen and oxygen atoms in total. The number of carbonyl (C=O) groups excluding carboxylic acids is 1. The standard InChI is InChI=1S/C33H40BrN3O5S/c1-6-10-23-15-28-32(29(38)16-23)31(26(19-35)21(5)36-28)24-17-27(34)33(30(18-24)41-9-4)42-20-22-11-13-25(14-12-22)43(39,40)37(7-2)8-3/h11-14,17-18,23,31,36H,6-10,15-16,20H2,1-5H3. The molecule has 0 spiro atoms. The van der Waals surface area contributed by atoms with E-state index in [0.29, 0.717) is 59.2 Å². The largest absolute Gasteiger partial charge is 0.490 e.